The van der Waals surface area contributed by atoms with Crippen LogP contribution in [0.5, 0.6) is 0 Å². The van der Waals surface area contributed by atoms with Crippen molar-refractivity contribution in [2.24, 2.45) is 0 Å². The molecule has 2 radical (unpaired) electrons. The molecule has 1 amide bonds. The molecule has 1 heterocycles. The first-order chi connectivity index (χ1) is 9.61. The Bertz CT molecular complexity index is 680. The molecule has 0 unspecified atom stereocenters. The summed E-state index contributed by atoms with van der Waals surface area (Å²) >= 11 is 0. The molecule has 1 aromatic carbocycles. The molecule has 0 aliphatic heterocycles. The van der Waals surface area contributed by atoms with Gasteiger partial charge in [-0.1, -0.05) is 19.0 Å². The van der Waals surface area contributed by atoms with Gasteiger partial charge in [-0.2, -0.15) is 5.56 Å². The molecule has 0 aliphatic rings. The van der Waals surface area contributed by atoms with Gasteiger partial charge in [0.05, 0.1) is 6.42 Å². The molecular weight excluding hydrogens is 394 g/mol. The molecule has 2 aromatic rings. The van der Waals surface area contributed by atoms with Gasteiger partial charge in [-0.3, -0.25) is 22.0 Å². The first-order valence-electron chi connectivity index (χ1n) is 6.11. The number of carbonyl (C=O) groups is 1. The number of hydrogen-bond acceptors (Lipinski definition) is 3. The summed E-state index contributed by atoms with van der Waals surface area (Å²) in [5, 5.41) is 6.44. The Hall–Kier alpha value is -0.922. The first-order valence-corrected chi connectivity index (χ1v) is 6.11. The molecule has 1 N–H and O–H groups in total. The van der Waals surface area contributed by atoms with Crippen LogP contribution in [-0.4, -0.2) is 17.6 Å². The predicted octanol–water partition coefficient (Wildman–Crippen LogP) is 2.60. The van der Waals surface area contributed by atoms with Crippen LogP contribution in [0.3, 0.4) is 0 Å². The molecule has 2 rings (SSSR count). The number of hydrogen-bond donors (Lipinski definition) is 1. The summed E-state index contributed by atoms with van der Waals surface area (Å²) in [5.41, 5.74) is 2.82. The summed E-state index contributed by atoms with van der Waals surface area (Å²) in [6.07, 6.45) is 1.94. The zero-order valence-electron chi connectivity index (χ0n) is 12.3. The molecule has 0 bridgehead atoms. The summed E-state index contributed by atoms with van der Waals surface area (Å²) in [5.74, 6) is 0.0755. The number of carbonyl (C=O) groups excluding carboxylic acids is 1. The maximum atomic E-state index is 12.2. The van der Waals surface area contributed by atoms with Gasteiger partial charge in [0.25, 0.3) is 0 Å². The third-order valence-electron chi connectivity index (χ3n) is 2.82. The fourth-order valence-electron chi connectivity index (χ4n) is 1.80. The van der Waals surface area contributed by atoms with Crippen molar-refractivity contribution in [1.82, 2.24) is 5.16 Å². The number of benzene rings is 1. The first kappa shape index (κ1) is 21.1. The van der Waals surface area contributed by atoms with Crippen LogP contribution in [0.1, 0.15) is 27.0 Å². The second kappa shape index (κ2) is 9.97. The molecule has 110 valence electrons. The van der Waals surface area contributed by atoms with Crippen LogP contribution in [0.4, 0.5) is 5.82 Å². The van der Waals surface area contributed by atoms with Crippen LogP contribution in [-0.2, 0) is 57.7 Å². The monoisotopic (exact) mass is 407 g/mol. The summed E-state index contributed by atoms with van der Waals surface area (Å²) < 4.78 is 4.85. The average Bonchev–Trinajstić information content (AvgIpc) is 2.83. The second-order valence-electron chi connectivity index (χ2n) is 4.35. The minimum atomic E-state index is -0.284. The third-order valence-corrected chi connectivity index (χ3v) is 2.82. The van der Waals surface area contributed by atoms with Crippen molar-refractivity contribution in [3.63, 3.8) is 0 Å². The van der Waals surface area contributed by atoms with E-state index in [1.54, 1.807) is 6.07 Å². The van der Waals surface area contributed by atoms with E-state index < -0.39 is 0 Å². The number of amides is 1. The second-order valence-corrected chi connectivity index (χ2v) is 4.35. The Labute approximate surface area is 166 Å². The van der Waals surface area contributed by atoms with Crippen molar-refractivity contribution in [1.29, 1.82) is 0 Å². The number of aryl methyl sites for hydroxylation is 2. The van der Waals surface area contributed by atoms with Crippen LogP contribution in [0.2, 0.25) is 0 Å². The minimum absolute atomic E-state index is 0. The van der Waals surface area contributed by atoms with E-state index in [9.17, 15) is 4.79 Å². The van der Waals surface area contributed by atoms with Gasteiger partial charge < -0.3 is 26.8 Å². The van der Waals surface area contributed by atoms with Crippen LogP contribution >= 0.6 is 0 Å². The van der Waals surface area contributed by atoms with Crippen LogP contribution < -0.4 is 5.32 Å². The fraction of sp³-hybridized carbons (Fsp3) is 0.267. The maximum Gasteiger partial charge on any atom is 0.218 e. The smallest absolute Gasteiger partial charge is 0.218 e. The van der Waals surface area contributed by atoms with Gasteiger partial charge >= 0.3 is 0 Å². The quantitative estimate of drug-likeness (QED) is 0.793. The molecule has 0 saturated heterocycles. The molecule has 5 nitrogen and oxygen atoms in total. The summed E-state index contributed by atoms with van der Waals surface area (Å²) in [6.45, 7) is 10.8. The van der Waals surface area contributed by atoms with Gasteiger partial charge in [0.15, 0.2) is 5.82 Å². The van der Waals surface area contributed by atoms with E-state index in [1.807, 2.05) is 13.8 Å². The Morgan fingerprint density at radius 2 is 2.23 bits per heavy atom. The van der Waals surface area contributed by atoms with Gasteiger partial charge in [0.2, 0.25) is 6.54 Å². The Balaban J connectivity index is 0.00000220. The largest absolute Gasteiger partial charge is 0.362 e. The third kappa shape index (κ3) is 5.37. The van der Waals surface area contributed by atoms with Crippen molar-refractivity contribution in [3.8, 4) is 0 Å². The van der Waals surface area contributed by atoms with Crippen molar-refractivity contribution >= 4 is 11.7 Å². The molecule has 0 saturated carbocycles. The Kier molecular flexibility index (Phi) is 9.55. The van der Waals surface area contributed by atoms with Gasteiger partial charge in [-0.25, -0.2) is 6.57 Å². The Morgan fingerprint density at radius 1 is 1.50 bits per heavy atom. The summed E-state index contributed by atoms with van der Waals surface area (Å²) in [4.78, 5) is 15.4. The SMILES string of the molecule is [C-]#[N+]CCc1conc1NC(=O)c1c[c-]c(C)[c-]c1C.[V].[Y]. The fourth-order valence-corrected chi connectivity index (χ4v) is 1.80. The van der Waals surface area contributed by atoms with E-state index in [0.717, 1.165) is 11.1 Å². The number of aromatic nitrogens is 1. The number of anilines is 1. The molecular formula is C15H13N3O2VY-2. The van der Waals surface area contributed by atoms with E-state index in [0.29, 0.717) is 29.9 Å². The zero-order chi connectivity index (χ0) is 14.5. The van der Waals surface area contributed by atoms with Crippen molar-refractivity contribution in [2.75, 3.05) is 11.9 Å². The standard InChI is InChI=1S/C15H13N3O2.V.Y/c1-10-4-5-13(11(2)8-10)15(19)17-14-12(6-7-16-3)9-20-18-14;;/h5,9H,6-7H2,1-2H3,(H,17,18,19);;/q-2;;. The summed E-state index contributed by atoms with van der Waals surface area (Å²) in [6, 6.07) is 7.63. The predicted molar refractivity (Wildman–Crippen MR) is 73.2 cm³/mol. The van der Waals surface area contributed by atoms with E-state index in [1.165, 1.54) is 6.26 Å². The van der Waals surface area contributed by atoms with E-state index >= 15 is 0 Å². The van der Waals surface area contributed by atoms with Gasteiger partial charge in [0.1, 0.15) is 12.2 Å². The van der Waals surface area contributed by atoms with E-state index in [-0.39, 0.29) is 57.2 Å². The normalized spacial score (nSPS) is 9.14. The number of nitrogens with zero attached hydrogens (tertiary/aromatic N) is 2. The van der Waals surface area contributed by atoms with Gasteiger partial charge in [-0.05, 0) is 0 Å². The van der Waals surface area contributed by atoms with Crippen LogP contribution in [0.25, 0.3) is 4.85 Å². The average molecular weight is 407 g/mol. The molecule has 1 aromatic heterocycles. The molecule has 22 heavy (non-hydrogen) atoms. The van der Waals surface area contributed by atoms with E-state index in [2.05, 4.69) is 27.5 Å². The zero-order valence-corrected chi connectivity index (χ0v) is 16.5. The topological polar surface area (TPSA) is 59.5 Å². The molecule has 7 heteroatoms. The number of nitrogens with one attached hydrogen (secondary N) is 1. The maximum absolute atomic E-state index is 12.2. The number of rotatable bonds is 4. The molecule has 0 fully saturated rings. The van der Waals surface area contributed by atoms with Crippen molar-refractivity contribution < 1.29 is 60.6 Å². The van der Waals surface area contributed by atoms with Crippen LogP contribution in [0, 0.1) is 32.6 Å². The summed E-state index contributed by atoms with van der Waals surface area (Å²) in [7, 11) is 0. The molecule has 0 atom stereocenters. The van der Waals surface area contributed by atoms with Crippen molar-refractivity contribution in [3.05, 3.63) is 58.1 Å². The van der Waals surface area contributed by atoms with E-state index in [4.69, 9.17) is 11.1 Å². The van der Waals surface area contributed by atoms with Crippen molar-refractivity contribution in [2.45, 2.75) is 20.3 Å². The van der Waals surface area contributed by atoms with Gasteiger partial charge in [0, 0.05) is 56.8 Å². The van der Waals surface area contributed by atoms with Gasteiger partial charge in [-0.15, -0.1) is 0 Å². The minimum Gasteiger partial charge on any atom is -0.362 e. The Morgan fingerprint density at radius 3 is 2.86 bits per heavy atom. The molecule has 0 aliphatic carbocycles. The van der Waals surface area contributed by atoms with Crippen LogP contribution in [0.15, 0.2) is 16.9 Å². The molecule has 0 spiro atoms.